The average molecular weight is 279 g/mol. The van der Waals surface area contributed by atoms with E-state index >= 15 is 0 Å². The van der Waals surface area contributed by atoms with Gasteiger partial charge in [0.25, 0.3) is 0 Å². The Labute approximate surface area is 115 Å². The summed E-state index contributed by atoms with van der Waals surface area (Å²) in [5, 5.41) is 12.9. The molecule has 0 amide bonds. The van der Waals surface area contributed by atoms with Crippen LogP contribution in [-0.2, 0) is 6.54 Å². The van der Waals surface area contributed by atoms with Crippen LogP contribution in [0.4, 0.5) is 8.78 Å². The van der Waals surface area contributed by atoms with Gasteiger partial charge in [0.15, 0.2) is 11.6 Å². The molecule has 0 aliphatic carbocycles. The highest BCUT2D eigenvalue weighted by molar-refractivity contribution is 5.20. The average Bonchev–Trinajstić information content (AvgIpc) is 2.42. The number of hydrogen-bond acceptors (Lipinski definition) is 4. The molecule has 0 aliphatic rings. The second-order valence-corrected chi connectivity index (χ2v) is 4.42. The summed E-state index contributed by atoms with van der Waals surface area (Å²) in [6.45, 7) is 2.47. The zero-order valence-corrected chi connectivity index (χ0v) is 11.0. The maximum absolute atomic E-state index is 13.0. The van der Waals surface area contributed by atoms with Crippen molar-refractivity contribution >= 4 is 0 Å². The van der Waals surface area contributed by atoms with E-state index in [1.54, 1.807) is 19.2 Å². The van der Waals surface area contributed by atoms with Crippen molar-refractivity contribution in [3.8, 4) is 0 Å². The third-order valence-corrected chi connectivity index (χ3v) is 2.81. The minimum Gasteiger partial charge on any atom is -0.387 e. The molecule has 6 heteroatoms. The predicted molar refractivity (Wildman–Crippen MR) is 69.8 cm³/mol. The Morgan fingerprint density at radius 2 is 2.05 bits per heavy atom. The predicted octanol–water partition coefficient (Wildman–Crippen LogP) is 1.89. The van der Waals surface area contributed by atoms with Crippen molar-refractivity contribution in [2.75, 3.05) is 6.54 Å². The third-order valence-electron chi connectivity index (χ3n) is 2.81. The van der Waals surface area contributed by atoms with Gasteiger partial charge in [-0.1, -0.05) is 6.07 Å². The van der Waals surface area contributed by atoms with Gasteiger partial charge in [0.1, 0.15) is 5.82 Å². The summed E-state index contributed by atoms with van der Waals surface area (Å²) in [4.78, 5) is 8.19. The molecule has 2 N–H and O–H groups in total. The number of aliphatic hydroxyl groups excluding tert-OH is 1. The molecule has 1 atom stereocenters. The maximum atomic E-state index is 13.0. The number of nitrogens with one attached hydrogen (secondary N) is 1. The Hall–Kier alpha value is -1.92. The van der Waals surface area contributed by atoms with E-state index in [9.17, 15) is 13.9 Å². The van der Waals surface area contributed by atoms with Crippen LogP contribution in [0, 0.1) is 18.6 Å². The Bertz CT molecular complexity index is 592. The lowest BCUT2D eigenvalue weighted by Gasteiger charge is -2.12. The van der Waals surface area contributed by atoms with Crippen LogP contribution in [0.15, 0.2) is 30.5 Å². The first kappa shape index (κ1) is 14.5. The standard InChI is InChI=1S/C14H15F2N3O/c1-9-18-5-4-11(19-9)7-17-8-14(20)10-2-3-12(15)13(16)6-10/h2-6,14,17,20H,7-8H2,1H3. The molecule has 0 saturated carbocycles. The second kappa shape index (κ2) is 6.49. The Balaban J connectivity index is 1.88. The highest BCUT2D eigenvalue weighted by atomic mass is 19.2. The van der Waals surface area contributed by atoms with Crippen molar-refractivity contribution in [1.29, 1.82) is 0 Å². The quantitative estimate of drug-likeness (QED) is 0.877. The maximum Gasteiger partial charge on any atom is 0.159 e. The van der Waals surface area contributed by atoms with E-state index < -0.39 is 17.7 Å². The van der Waals surface area contributed by atoms with Gasteiger partial charge in [-0.3, -0.25) is 0 Å². The lowest BCUT2D eigenvalue weighted by atomic mass is 10.1. The van der Waals surface area contributed by atoms with Crippen molar-refractivity contribution in [3.63, 3.8) is 0 Å². The zero-order chi connectivity index (χ0) is 14.5. The molecular formula is C14H15F2N3O. The fraction of sp³-hybridized carbons (Fsp3) is 0.286. The van der Waals surface area contributed by atoms with E-state index in [1.165, 1.54) is 6.07 Å². The van der Waals surface area contributed by atoms with Crippen LogP contribution in [0.1, 0.15) is 23.2 Å². The number of aryl methyl sites for hydroxylation is 1. The molecule has 1 aromatic heterocycles. The van der Waals surface area contributed by atoms with E-state index in [0.717, 1.165) is 17.8 Å². The van der Waals surface area contributed by atoms with Gasteiger partial charge in [-0.2, -0.15) is 0 Å². The molecule has 106 valence electrons. The number of halogens is 2. The van der Waals surface area contributed by atoms with E-state index in [4.69, 9.17) is 0 Å². The van der Waals surface area contributed by atoms with Crippen molar-refractivity contribution in [1.82, 2.24) is 15.3 Å². The van der Waals surface area contributed by atoms with Gasteiger partial charge < -0.3 is 10.4 Å². The van der Waals surface area contributed by atoms with Gasteiger partial charge in [-0.15, -0.1) is 0 Å². The van der Waals surface area contributed by atoms with Crippen molar-refractivity contribution in [3.05, 3.63) is 59.2 Å². The minimum atomic E-state index is -0.965. The number of hydrogen-bond donors (Lipinski definition) is 2. The number of rotatable bonds is 5. The summed E-state index contributed by atoms with van der Waals surface area (Å²) < 4.78 is 25.8. The first-order valence-electron chi connectivity index (χ1n) is 6.18. The smallest absolute Gasteiger partial charge is 0.159 e. The van der Waals surface area contributed by atoms with E-state index in [1.807, 2.05) is 0 Å². The van der Waals surface area contributed by atoms with Crippen LogP contribution in [0.5, 0.6) is 0 Å². The largest absolute Gasteiger partial charge is 0.387 e. The van der Waals surface area contributed by atoms with Crippen LogP contribution >= 0.6 is 0 Å². The number of nitrogens with zero attached hydrogens (tertiary/aromatic N) is 2. The Morgan fingerprint density at radius 1 is 1.25 bits per heavy atom. The zero-order valence-electron chi connectivity index (χ0n) is 11.0. The Morgan fingerprint density at radius 3 is 2.75 bits per heavy atom. The van der Waals surface area contributed by atoms with Crippen LogP contribution in [0.2, 0.25) is 0 Å². The van der Waals surface area contributed by atoms with E-state index in [-0.39, 0.29) is 6.54 Å². The molecule has 0 radical (unpaired) electrons. The monoisotopic (exact) mass is 279 g/mol. The lowest BCUT2D eigenvalue weighted by Crippen LogP contribution is -2.22. The van der Waals surface area contributed by atoms with Gasteiger partial charge in [0.05, 0.1) is 11.8 Å². The van der Waals surface area contributed by atoms with Crippen LogP contribution in [0.25, 0.3) is 0 Å². The fourth-order valence-electron chi connectivity index (χ4n) is 1.78. The molecule has 1 heterocycles. The van der Waals surface area contributed by atoms with E-state index in [0.29, 0.717) is 17.9 Å². The molecule has 0 bridgehead atoms. The third kappa shape index (κ3) is 3.79. The van der Waals surface area contributed by atoms with Crippen molar-refractivity contribution in [2.45, 2.75) is 19.6 Å². The number of benzene rings is 1. The van der Waals surface area contributed by atoms with Crippen LogP contribution in [-0.4, -0.2) is 21.6 Å². The first-order valence-corrected chi connectivity index (χ1v) is 6.18. The summed E-state index contributed by atoms with van der Waals surface area (Å²) in [5.41, 5.74) is 1.13. The molecule has 2 aromatic rings. The fourth-order valence-corrected chi connectivity index (χ4v) is 1.78. The van der Waals surface area contributed by atoms with Crippen molar-refractivity contribution in [2.24, 2.45) is 0 Å². The van der Waals surface area contributed by atoms with Crippen molar-refractivity contribution < 1.29 is 13.9 Å². The van der Waals surface area contributed by atoms with Crippen LogP contribution < -0.4 is 5.32 Å². The molecular weight excluding hydrogens is 264 g/mol. The molecule has 20 heavy (non-hydrogen) atoms. The molecule has 4 nitrogen and oxygen atoms in total. The van der Waals surface area contributed by atoms with Gasteiger partial charge in [0, 0.05) is 19.3 Å². The summed E-state index contributed by atoms with van der Waals surface area (Å²) in [7, 11) is 0. The van der Waals surface area contributed by atoms with Gasteiger partial charge in [-0.05, 0) is 30.7 Å². The van der Waals surface area contributed by atoms with Gasteiger partial charge >= 0.3 is 0 Å². The molecule has 0 spiro atoms. The molecule has 2 rings (SSSR count). The second-order valence-electron chi connectivity index (χ2n) is 4.42. The summed E-state index contributed by atoms with van der Waals surface area (Å²) in [6.07, 6.45) is 0.749. The first-order chi connectivity index (χ1) is 9.56. The number of aromatic nitrogens is 2. The highest BCUT2D eigenvalue weighted by Crippen LogP contribution is 2.15. The molecule has 1 unspecified atom stereocenters. The topological polar surface area (TPSA) is 58.0 Å². The van der Waals surface area contributed by atoms with Gasteiger partial charge in [0.2, 0.25) is 0 Å². The Kier molecular flexibility index (Phi) is 4.70. The molecule has 0 fully saturated rings. The van der Waals surface area contributed by atoms with Crippen LogP contribution in [0.3, 0.4) is 0 Å². The molecule has 0 aliphatic heterocycles. The summed E-state index contributed by atoms with van der Waals surface area (Å²) >= 11 is 0. The van der Waals surface area contributed by atoms with E-state index in [2.05, 4.69) is 15.3 Å². The summed E-state index contributed by atoms with van der Waals surface area (Å²) in [5.74, 6) is -1.22. The SMILES string of the molecule is Cc1nccc(CNCC(O)c2ccc(F)c(F)c2)n1. The highest BCUT2D eigenvalue weighted by Gasteiger charge is 2.10. The number of aliphatic hydroxyl groups is 1. The normalized spacial score (nSPS) is 12.4. The lowest BCUT2D eigenvalue weighted by molar-refractivity contribution is 0.173. The van der Waals surface area contributed by atoms with Gasteiger partial charge in [-0.25, -0.2) is 18.7 Å². The summed E-state index contributed by atoms with van der Waals surface area (Å²) in [6, 6.07) is 5.13. The minimum absolute atomic E-state index is 0.216. The molecule has 0 saturated heterocycles. The molecule has 1 aromatic carbocycles.